The Bertz CT molecular complexity index is 663. The highest BCUT2D eigenvalue weighted by Gasteiger charge is 2.27. The van der Waals surface area contributed by atoms with E-state index in [9.17, 15) is 4.79 Å². The van der Waals surface area contributed by atoms with Gasteiger partial charge in [-0.25, -0.2) is 4.79 Å². The summed E-state index contributed by atoms with van der Waals surface area (Å²) in [6, 6.07) is 6.35. The van der Waals surface area contributed by atoms with Crippen molar-refractivity contribution in [1.29, 1.82) is 0 Å². The lowest BCUT2D eigenvalue weighted by Gasteiger charge is -2.14. The molecule has 1 aliphatic rings. The quantitative estimate of drug-likeness (QED) is 0.881. The predicted octanol–water partition coefficient (Wildman–Crippen LogP) is 3.53. The molecular formula is C15H17BrN2O2. The highest BCUT2D eigenvalue weighted by atomic mass is 79.9. The smallest absolute Gasteiger partial charge is 0.407 e. The summed E-state index contributed by atoms with van der Waals surface area (Å²) in [5.41, 5.74) is 3.67. The number of amides is 1. The summed E-state index contributed by atoms with van der Waals surface area (Å²) < 4.78 is 6.20. The van der Waals surface area contributed by atoms with Gasteiger partial charge in [-0.3, -0.25) is 0 Å². The molecule has 0 aliphatic heterocycles. The molecule has 0 saturated carbocycles. The van der Waals surface area contributed by atoms with E-state index in [1.54, 1.807) is 0 Å². The van der Waals surface area contributed by atoms with Gasteiger partial charge < -0.3 is 15.0 Å². The van der Waals surface area contributed by atoms with Crippen molar-refractivity contribution < 1.29 is 9.53 Å². The number of halogens is 1. The van der Waals surface area contributed by atoms with E-state index in [4.69, 9.17) is 4.74 Å². The summed E-state index contributed by atoms with van der Waals surface area (Å²) in [5.74, 6) is 0. The number of aromatic amines is 1. The molecule has 2 N–H and O–H groups in total. The first-order valence-electron chi connectivity index (χ1n) is 6.79. The molecule has 1 aromatic carbocycles. The number of H-pyrrole nitrogens is 1. The third-order valence-corrected chi connectivity index (χ3v) is 4.02. The molecule has 20 heavy (non-hydrogen) atoms. The van der Waals surface area contributed by atoms with Crippen molar-refractivity contribution in [3.63, 3.8) is 0 Å². The van der Waals surface area contributed by atoms with Gasteiger partial charge in [-0.1, -0.05) is 15.9 Å². The average molecular weight is 337 g/mol. The normalized spacial score (nSPS) is 17.5. The minimum absolute atomic E-state index is 0.0917. The molecular weight excluding hydrogens is 320 g/mol. The Labute approximate surface area is 126 Å². The van der Waals surface area contributed by atoms with E-state index in [2.05, 4.69) is 38.4 Å². The monoisotopic (exact) mass is 336 g/mol. The van der Waals surface area contributed by atoms with Gasteiger partial charge in [0, 0.05) is 33.5 Å². The number of hydrogen-bond donors (Lipinski definition) is 2. The SMILES string of the molecule is CC(C)OC(=O)NC1Cc2[nH]c3ccc(Br)cc3c2C1. The third-order valence-electron chi connectivity index (χ3n) is 3.52. The number of hydrogen-bond acceptors (Lipinski definition) is 2. The minimum atomic E-state index is -0.333. The van der Waals surface area contributed by atoms with Crippen molar-refractivity contribution in [1.82, 2.24) is 10.3 Å². The minimum Gasteiger partial charge on any atom is -0.447 e. The van der Waals surface area contributed by atoms with Gasteiger partial charge in [-0.2, -0.15) is 0 Å². The largest absolute Gasteiger partial charge is 0.447 e. The van der Waals surface area contributed by atoms with Crippen LogP contribution in [0.15, 0.2) is 22.7 Å². The molecule has 1 unspecified atom stereocenters. The first-order chi connectivity index (χ1) is 9.52. The zero-order valence-corrected chi connectivity index (χ0v) is 13.1. The second kappa shape index (κ2) is 5.13. The summed E-state index contributed by atoms with van der Waals surface area (Å²) in [6.45, 7) is 3.70. The molecule has 1 atom stereocenters. The fourth-order valence-electron chi connectivity index (χ4n) is 2.76. The number of nitrogens with one attached hydrogen (secondary N) is 2. The first kappa shape index (κ1) is 13.5. The number of alkyl carbamates (subject to hydrolysis) is 1. The zero-order chi connectivity index (χ0) is 14.3. The van der Waals surface area contributed by atoms with Gasteiger partial charge >= 0.3 is 6.09 Å². The van der Waals surface area contributed by atoms with Gasteiger partial charge in [0.15, 0.2) is 0 Å². The second-order valence-corrected chi connectivity index (χ2v) is 6.39. The molecule has 1 aliphatic carbocycles. The lowest BCUT2D eigenvalue weighted by Crippen LogP contribution is -2.37. The summed E-state index contributed by atoms with van der Waals surface area (Å²) in [7, 11) is 0. The van der Waals surface area contributed by atoms with E-state index >= 15 is 0 Å². The Kier molecular flexibility index (Phi) is 3.46. The Hall–Kier alpha value is -1.49. The number of carbonyl (C=O) groups excluding carboxylic acids is 1. The van der Waals surface area contributed by atoms with Gasteiger partial charge in [0.05, 0.1) is 6.10 Å². The summed E-state index contributed by atoms with van der Waals surface area (Å²) >= 11 is 3.50. The van der Waals surface area contributed by atoms with Crippen molar-refractivity contribution in [3.05, 3.63) is 33.9 Å². The van der Waals surface area contributed by atoms with Crippen LogP contribution < -0.4 is 5.32 Å². The highest BCUT2D eigenvalue weighted by Crippen LogP contribution is 2.31. The molecule has 0 bridgehead atoms. The van der Waals surface area contributed by atoms with E-state index in [0.29, 0.717) is 0 Å². The number of ether oxygens (including phenoxy) is 1. The average Bonchev–Trinajstić information content (AvgIpc) is 2.85. The molecule has 3 rings (SSSR count). The van der Waals surface area contributed by atoms with Crippen LogP contribution in [0.25, 0.3) is 10.9 Å². The second-order valence-electron chi connectivity index (χ2n) is 5.48. The molecule has 106 valence electrons. The first-order valence-corrected chi connectivity index (χ1v) is 7.58. The number of fused-ring (bicyclic) bond motifs is 3. The Morgan fingerprint density at radius 2 is 2.25 bits per heavy atom. The molecule has 0 fully saturated rings. The van der Waals surface area contributed by atoms with Crippen LogP contribution >= 0.6 is 15.9 Å². The fourth-order valence-corrected chi connectivity index (χ4v) is 3.13. The lowest BCUT2D eigenvalue weighted by atomic mass is 10.1. The van der Waals surface area contributed by atoms with Crippen LogP contribution in [0.1, 0.15) is 25.1 Å². The number of rotatable bonds is 2. The number of carbonyl (C=O) groups is 1. The Morgan fingerprint density at radius 3 is 3.00 bits per heavy atom. The van der Waals surface area contributed by atoms with Gasteiger partial charge in [0.25, 0.3) is 0 Å². The van der Waals surface area contributed by atoms with Crippen LogP contribution in [0.2, 0.25) is 0 Å². The molecule has 1 heterocycles. The van der Waals surface area contributed by atoms with Gasteiger partial charge in [0.2, 0.25) is 0 Å². The van der Waals surface area contributed by atoms with Crippen LogP contribution in [0, 0.1) is 0 Å². The van der Waals surface area contributed by atoms with E-state index in [1.165, 1.54) is 16.6 Å². The maximum atomic E-state index is 11.6. The van der Waals surface area contributed by atoms with E-state index < -0.39 is 0 Å². The predicted molar refractivity (Wildman–Crippen MR) is 81.9 cm³/mol. The van der Waals surface area contributed by atoms with Gasteiger partial charge in [-0.15, -0.1) is 0 Å². The molecule has 0 spiro atoms. The van der Waals surface area contributed by atoms with Crippen LogP contribution in [0.3, 0.4) is 0 Å². The van der Waals surface area contributed by atoms with Crippen molar-refractivity contribution >= 4 is 32.9 Å². The standard InChI is InChI=1S/C15H17BrN2O2/c1-8(2)20-15(19)17-10-6-12-11-5-9(16)3-4-13(11)18-14(12)7-10/h3-5,8,10,18H,6-7H2,1-2H3,(H,17,19). The van der Waals surface area contributed by atoms with Crippen LogP contribution in [0.5, 0.6) is 0 Å². The van der Waals surface area contributed by atoms with Crippen molar-refractivity contribution in [2.75, 3.05) is 0 Å². The molecule has 1 aromatic heterocycles. The van der Waals surface area contributed by atoms with Crippen molar-refractivity contribution in [2.24, 2.45) is 0 Å². The van der Waals surface area contributed by atoms with Crippen LogP contribution in [-0.2, 0) is 17.6 Å². The fraction of sp³-hybridized carbons (Fsp3) is 0.400. The Morgan fingerprint density at radius 1 is 1.45 bits per heavy atom. The maximum absolute atomic E-state index is 11.6. The van der Waals surface area contributed by atoms with Crippen molar-refractivity contribution in [2.45, 2.75) is 38.8 Å². The van der Waals surface area contributed by atoms with Crippen LogP contribution in [-0.4, -0.2) is 23.2 Å². The molecule has 4 nitrogen and oxygen atoms in total. The van der Waals surface area contributed by atoms with Crippen molar-refractivity contribution in [3.8, 4) is 0 Å². The molecule has 1 amide bonds. The third kappa shape index (κ3) is 2.54. The molecule has 0 radical (unpaired) electrons. The summed E-state index contributed by atoms with van der Waals surface area (Å²) in [6.07, 6.45) is 1.25. The van der Waals surface area contributed by atoms with Gasteiger partial charge in [-0.05, 0) is 44.0 Å². The maximum Gasteiger partial charge on any atom is 0.407 e. The topological polar surface area (TPSA) is 54.1 Å². The highest BCUT2D eigenvalue weighted by molar-refractivity contribution is 9.10. The molecule has 2 aromatic rings. The summed E-state index contributed by atoms with van der Waals surface area (Å²) in [5, 5.41) is 4.16. The lowest BCUT2D eigenvalue weighted by molar-refractivity contribution is 0.112. The number of benzene rings is 1. The van der Waals surface area contributed by atoms with E-state index in [1.807, 2.05) is 19.9 Å². The van der Waals surface area contributed by atoms with E-state index in [-0.39, 0.29) is 18.2 Å². The van der Waals surface area contributed by atoms with Gasteiger partial charge in [0.1, 0.15) is 0 Å². The Balaban J connectivity index is 1.76. The van der Waals surface area contributed by atoms with E-state index in [0.717, 1.165) is 22.8 Å². The number of aromatic nitrogens is 1. The zero-order valence-electron chi connectivity index (χ0n) is 11.5. The van der Waals surface area contributed by atoms with Crippen LogP contribution in [0.4, 0.5) is 4.79 Å². The molecule has 5 heteroatoms. The molecule has 0 saturated heterocycles. The summed E-state index contributed by atoms with van der Waals surface area (Å²) in [4.78, 5) is 15.1.